The summed E-state index contributed by atoms with van der Waals surface area (Å²) in [6, 6.07) is 10.4. The number of piperazine rings is 1. The van der Waals surface area contributed by atoms with E-state index in [-0.39, 0.29) is 5.91 Å². The van der Waals surface area contributed by atoms with Crippen molar-refractivity contribution in [1.82, 2.24) is 25.1 Å². The lowest BCUT2D eigenvalue weighted by Crippen LogP contribution is -2.51. The van der Waals surface area contributed by atoms with E-state index < -0.39 is 0 Å². The lowest BCUT2D eigenvalue weighted by atomic mass is 10.2. The first-order valence-corrected chi connectivity index (χ1v) is 13.8. The third-order valence-corrected chi connectivity index (χ3v) is 6.91. The van der Waals surface area contributed by atoms with Crippen LogP contribution < -0.4 is 20.4 Å². The van der Waals surface area contributed by atoms with Gasteiger partial charge in [-0.15, -0.1) is 0 Å². The summed E-state index contributed by atoms with van der Waals surface area (Å²) >= 11 is 1.53. The molecule has 2 aliphatic heterocycles. The minimum atomic E-state index is 0.156. The number of benzene rings is 1. The molecule has 0 aliphatic carbocycles. The van der Waals surface area contributed by atoms with E-state index in [1.54, 1.807) is 0 Å². The maximum Gasteiger partial charge on any atom is 0.236 e. The molecule has 0 atom stereocenters. The number of carbonyl (C=O) groups is 1. The maximum absolute atomic E-state index is 12.6. The van der Waals surface area contributed by atoms with Crippen LogP contribution in [0.4, 0.5) is 23.0 Å². The van der Waals surface area contributed by atoms with Gasteiger partial charge in [-0.1, -0.05) is 11.8 Å². The highest BCUT2D eigenvalue weighted by molar-refractivity contribution is 7.98. The molecule has 10 nitrogen and oxygen atoms in total. The molecule has 2 fully saturated rings. The number of amides is 1. The summed E-state index contributed by atoms with van der Waals surface area (Å²) in [5.41, 5.74) is 2.19. The summed E-state index contributed by atoms with van der Waals surface area (Å²) in [7, 11) is 4.06. The van der Waals surface area contributed by atoms with Gasteiger partial charge in [0, 0.05) is 69.8 Å². The predicted octanol–water partition coefficient (Wildman–Crippen LogP) is 1.58. The fourth-order valence-electron chi connectivity index (χ4n) is 4.25. The molecule has 0 spiro atoms. The first-order valence-electron chi connectivity index (χ1n) is 12.5. The standard InChI is InChI=1S/C25H38N8O2S/c1-30(2)9-8-26-19-24(34)33-12-10-32(11-13-33)23-18-22(28-25(29-23)36-3)27-20-4-6-21(7-5-20)31-14-16-35-17-15-31/h4-7,18,26H,8-17,19H2,1-3H3,(H,27,28,29). The second-order valence-corrected chi connectivity index (χ2v) is 9.99. The molecule has 0 radical (unpaired) electrons. The first-order chi connectivity index (χ1) is 17.5. The van der Waals surface area contributed by atoms with E-state index in [1.807, 2.05) is 31.3 Å². The molecule has 2 aromatic rings. The molecule has 2 N–H and O–H groups in total. The number of anilines is 4. The van der Waals surface area contributed by atoms with Crippen LogP contribution in [0.2, 0.25) is 0 Å². The molecule has 196 valence electrons. The molecule has 0 saturated carbocycles. The van der Waals surface area contributed by atoms with Crippen molar-refractivity contribution in [1.29, 1.82) is 0 Å². The molecule has 11 heteroatoms. The highest BCUT2D eigenvalue weighted by atomic mass is 32.2. The van der Waals surface area contributed by atoms with Gasteiger partial charge in [-0.3, -0.25) is 4.79 Å². The molecule has 1 aromatic carbocycles. The third-order valence-electron chi connectivity index (χ3n) is 6.36. The molecule has 1 aromatic heterocycles. The van der Waals surface area contributed by atoms with Crippen LogP contribution in [0.5, 0.6) is 0 Å². The highest BCUT2D eigenvalue weighted by Gasteiger charge is 2.22. The van der Waals surface area contributed by atoms with Crippen molar-refractivity contribution in [2.75, 3.05) is 108 Å². The number of thioether (sulfide) groups is 1. The summed E-state index contributed by atoms with van der Waals surface area (Å²) in [6.07, 6.45) is 1.99. The predicted molar refractivity (Wildman–Crippen MR) is 147 cm³/mol. The van der Waals surface area contributed by atoms with Crippen molar-refractivity contribution >= 4 is 40.7 Å². The Morgan fingerprint density at radius 3 is 2.42 bits per heavy atom. The van der Waals surface area contributed by atoms with E-state index >= 15 is 0 Å². The largest absolute Gasteiger partial charge is 0.378 e. The van der Waals surface area contributed by atoms with Gasteiger partial charge in [0.2, 0.25) is 5.91 Å². The SMILES string of the molecule is CSc1nc(Nc2ccc(N3CCOCC3)cc2)cc(N2CCN(C(=O)CNCCN(C)C)CC2)n1. The van der Waals surface area contributed by atoms with E-state index in [2.05, 4.69) is 54.6 Å². The number of carbonyl (C=O) groups excluding carboxylic acids is 1. The van der Waals surface area contributed by atoms with Gasteiger partial charge < -0.3 is 35.0 Å². The van der Waals surface area contributed by atoms with Crippen LogP contribution in [0.1, 0.15) is 0 Å². The molecule has 2 saturated heterocycles. The van der Waals surface area contributed by atoms with Gasteiger partial charge in [-0.25, -0.2) is 9.97 Å². The second kappa shape index (κ2) is 13.1. The number of likely N-dealkylation sites (N-methyl/N-ethyl adjacent to an activating group) is 1. The van der Waals surface area contributed by atoms with Gasteiger partial charge in [0.1, 0.15) is 11.6 Å². The van der Waals surface area contributed by atoms with Gasteiger partial charge in [0.15, 0.2) is 5.16 Å². The summed E-state index contributed by atoms with van der Waals surface area (Å²) in [4.78, 5) is 30.6. The molecule has 0 bridgehead atoms. The molecular formula is C25H38N8O2S. The minimum absolute atomic E-state index is 0.156. The molecule has 36 heavy (non-hydrogen) atoms. The Morgan fingerprint density at radius 2 is 1.75 bits per heavy atom. The van der Waals surface area contributed by atoms with Crippen LogP contribution in [0.3, 0.4) is 0 Å². The van der Waals surface area contributed by atoms with E-state index in [1.165, 1.54) is 17.4 Å². The fourth-order valence-corrected chi connectivity index (χ4v) is 4.62. The van der Waals surface area contributed by atoms with Crippen LogP contribution >= 0.6 is 11.8 Å². The minimum Gasteiger partial charge on any atom is -0.378 e. The fraction of sp³-hybridized carbons (Fsp3) is 0.560. The second-order valence-electron chi connectivity index (χ2n) is 9.22. The van der Waals surface area contributed by atoms with Crippen molar-refractivity contribution in [3.8, 4) is 0 Å². The number of morpholine rings is 1. The molecule has 4 rings (SSSR count). The number of nitrogens with zero attached hydrogens (tertiary/aromatic N) is 6. The Balaban J connectivity index is 1.33. The Bertz CT molecular complexity index is 977. The van der Waals surface area contributed by atoms with Crippen LogP contribution in [0.15, 0.2) is 35.5 Å². The van der Waals surface area contributed by atoms with Crippen molar-refractivity contribution in [2.24, 2.45) is 0 Å². The number of rotatable bonds is 10. The van der Waals surface area contributed by atoms with Crippen LogP contribution in [-0.2, 0) is 9.53 Å². The maximum atomic E-state index is 12.6. The number of ether oxygens (including phenoxy) is 1. The lowest BCUT2D eigenvalue weighted by Gasteiger charge is -2.35. The van der Waals surface area contributed by atoms with Gasteiger partial charge in [-0.2, -0.15) is 0 Å². The zero-order valence-corrected chi connectivity index (χ0v) is 22.4. The van der Waals surface area contributed by atoms with Gasteiger partial charge in [0.05, 0.1) is 19.8 Å². The summed E-state index contributed by atoms with van der Waals surface area (Å²) < 4.78 is 5.45. The average Bonchev–Trinajstić information content (AvgIpc) is 2.91. The normalized spacial score (nSPS) is 16.5. The monoisotopic (exact) mass is 514 g/mol. The van der Waals surface area contributed by atoms with E-state index in [0.29, 0.717) is 19.6 Å². The average molecular weight is 515 g/mol. The zero-order chi connectivity index (χ0) is 25.3. The number of aromatic nitrogens is 2. The molecule has 3 heterocycles. The Morgan fingerprint density at radius 1 is 1.03 bits per heavy atom. The molecular weight excluding hydrogens is 476 g/mol. The number of nitrogens with one attached hydrogen (secondary N) is 2. The third kappa shape index (κ3) is 7.45. The molecule has 1 amide bonds. The van der Waals surface area contributed by atoms with Crippen molar-refractivity contribution in [3.63, 3.8) is 0 Å². The quantitative estimate of drug-likeness (QED) is 0.277. The Kier molecular flexibility index (Phi) is 9.62. The van der Waals surface area contributed by atoms with Gasteiger partial charge in [0.25, 0.3) is 0 Å². The van der Waals surface area contributed by atoms with Crippen molar-refractivity contribution < 1.29 is 9.53 Å². The van der Waals surface area contributed by atoms with Crippen molar-refractivity contribution in [3.05, 3.63) is 30.3 Å². The van der Waals surface area contributed by atoms with Gasteiger partial charge >= 0.3 is 0 Å². The van der Waals surface area contributed by atoms with Crippen LogP contribution in [0.25, 0.3) is 0 Å². The van der Waals surface area contributed by atoms with E-state index in [9.17, 15) is 4.79 Å². The molecule has 0 unspecified atom stereocenters. The molecule has 2 aliphatic rings. The summed E-state index contributed by atoms with van der Waals surface area (Å²) in [6.45, 7) is 8.39. The summed E-state index contributed by atoms with van der Waals surface area (Å²) in [5, 5.41) is 7.40. The van der Waals surface area contributed by atoms with Gasteiger partial charge in [-0.05, 0) is 44.6 Å². The van der Waals surface area contributed by atoms with E-state index in [4.69, 9.17) is 9.72 Å². The van der Waals surface area contributed by atoms with Crippen molar-refractivity contribution in [2.45, 2.75) is 5.16 Å². The Labute approximate surface area is 218 Å². The first kappa shape index (κ1) is 26.5. The van der Waals surface area contributed by atoms with Crippen LogP contribution in [-0.4, -0.2) is 118 Å². The Hall–Kier alpha value is -2.60. The lowest BCUT2D eigenvalue weighted by molar-refractivity contribution is -0.130. The summed E-state index contributed by atoms with van der Waals surface area (Å²) in [5.74, 6) is 1.81. The zero-order valence-electron chi connectivity index (χ0n) is 21.6. The van der Waals surface area contributed by atoms with E-state index in [0.717, 1.165) is 75.0 Å². The number of hydrogen-bond donors (Lipinski definition) is 2. The number of hydrogen-bond acceptors (Lipinski definition) is 10. The smallest absolute Gasteiger partial charge is 0.236 e. The topological polar surface area (TPSA) is 89.1 Å². The highest BCUT2D eigenvalue weighted by Crippen LogP contribution is 2.25. The van der Waals surface area contributed by atoms with Crippen LogP contribution in [0, 0.1) is 0 Å².